The maximum atomic E-state index is 13.2. The molecule has 0 aromatic heterocycles. The average molecular weight is 421 g/mol. The maximum absolute atomic E-state index is 13.2. The normalized spacial score (nSPS) is 20.8. The molecule has 0 unspecified atom stereocenters. The van der Waals surface area contributed by atoms with Crippen LogP contribution in [0.5, 0.6) is 0 Å². The van der Waals surface area contributed by atoms with Gasteiger partial charge in [0, 0.05) is 28.5 Å². The van der Waals surface area contributed by atoms with Crippen molar-refractivity contribution in [1.29, 1.82) is 0 Å². The van der Waals surface area contributed by atoms with Gasteiger partial charge in [0.1, 0.15) is 5.82 Å². The molecular formula is C22H23Cl2FN2O. The zero-order valence-corrected chi connectivity index (χ0v) is 17.1. The fraction of sp³-hybridized carbons (Fsp3) is 0.409. The molecule has 1 amide bonds. The van der Waals surface area contributed by atoms with Crippen LogP contribution in [0.25, 0.3) is 11.1 Å². The minimum absolute atomic E-state index is 0.0680. The van der Waals surface area contributed by atoms with Crippen molar-refractivity contribution in [2.75, 3.05) is 19.6 Å². The van der Waals surface area contributed by atoms with Crippen molar-refractivity contribution in [3.8, 4) is 11.1 Å². The molecule has 4 rings (SSSR count). The predicted octanol–water partition coefficient (Wildman–Crippen LogP) is 4.94. The second kappa shape index (κ2) is 8.40. The topological polar surface area (TPSA) is 32.3 Å². The molecule has 3 nitrogen and oxygen atoms in total. The lowest BCUT2D eigenvalue weighted by Crippen LogP contribution is -2.44. The largest absolute Gasteiger partial charge is 0.339 e. The molecule has 0 radical (unpaired) electrons. The number of nitrogens with one attached hydrogen (secondary N) is 1. The van der Waals surface area contributed by atoms with Crippen molar-refractivity contribution < 1.29 is 9.18 Å². The standard InChI is InChI=1S/C22H23Cl2FN2O/c23-20-12-16(14-1-3-17(25)4-2-14)13-21(24)19(20)11-15-7-10-27(22(15)28)18-5-8-26-9-6-18/h1-4,12-13,15,18,26H,5-11H2/t15-/m0/s1. The first kappa shape index (κ1) is 19.7. The summed E-state index contributed by atoms with van der Waals surface area (Å²) in [6.07, 6.45) is 3.44. The van der Waals surface area contributed by atoms with Gasteiger partial charge in [-0.15, -0.1) is 0 Å². The van der Waals surface area contributed by atoms with Gasteiger partial charge in [0.25, 0.3) is 0 Å². The molecule has 2 aliphatic heterocycles. The lowest BCUT2D eigenvalue weighted by Gasteiger charge is -2.31. The molecule has 28 heavy (non-hydrogen) atoms. The zero-order chi connectivity index (χ0) is 19.7. The van der Waals surface area contributed by atoms with Crippen molar-refractivity contribution in [2.45, 2.75) is 31.7 Å². The molecule has 1 N–H and O–H groups in total. The van der Waals surface area contributed by atoms with E-state index in [1.54, 1.807) is 12.1 Å². The Morgan fingerprint density at radius 2 is 1.64 bits per heavy atom. The number of hydrogen-bond acceptors (Lipinski definition) is 2. The van der Waals surface area contributed by atoms with Gasteiger partial charge in [-0.05, 0) is 79.7 Å². The van der Waals surface area contributed by atoms with Crippen molar-refractivity contribution in [3.63, 3.8) is 0 Å². The number of likely N-dealkylation sites (tertiary alicyclic amines) is 1. The molecule has 2 aliphatic rings. The Morgan fingerprint density at radius 1 is 1.00 bits per heavy atom. The van der Waals surface area contributed by atoms with Crippen LogP contribution in [0.4, 0.5) is 4.39 Å². The zero-order valence-electron chi connectivity index (χ0n) is 15.6. The van der Waals surface area contributed by atoms with Gasteiger partial charge in [0.2, 0.25) is 5.91 Å². The van der Waals surface area contributed by atoms with E-state index in [1.807, 2.05) is 12.1 Å². The highest BCUT2D eigenvalue weighted by Gasteiger charge is 2.36. The summed E-state index contributed by atoms with van der Waals surface area (Å²) >= 11 is 13.1. The Bertz CT molecular complexity index is 842. The number of amides is 1. The van der Waals surface area contributed by atoms with Gasteiger partial charge in [0.05, 0.1) is 0 Å². The van der Waals surface area contributed by atoms with Crippen LogP contribution >= 0.6 is 23.2 Å². The third-order valence-corrected chi connectivity index (χ3v) is 6.54. The lowest BCUT2D eigenvalue weighted by atomic mass is 9.95. The smallest absolute Gasteiger partial charge is 0.226 e. The Morgan fingerprint density at radius 3 is 2.29 bits per heavy atom. The molecular weight excluding hydrogens is 398 g/mol. The van der Waals surface area contributed by atoms with E-state index in [1.165, 1.54) is 12.1 Å². The number of hydrogen-bond donors (Lipinski definition) is 1. The minimum Gasteiger partial charge on any atom is -0.339 e. The highest BCUT2D eigenvalue weighted by Crippen LogP contribution is 2.36. The summed E-state index contributed by atoms with van der Waals surface area (Å²) in [5.74, 6) is -0.126. The second-order valence-corrected chi connectivity index (χ2v) is 8.44. The number of piperidine rings is 1. The molecule has 0 aliphatic carbocycles. The fourth-order valence-corrected chi connectivity index (χ4v) is 4.93. The third-order valence-electron chi connectivity index (χ3n) is 5.87. The van der Waals surface area contributed by atoms with Gasteiger partial charge in [-0.2, -0.15) is 0 Å². The molecule has 1 atom stereocenters. The van der Waals surface area contributed by atoms with Gasteiger partial charge in [-0.1, -0.05) is 35.3 Å². The van der Waals surface area contributed by atoms with Crippen LogP contribution in [0.3, 0.4) is 0 Å². The van der Waals surface area contributed by atoms with Crippen LogP contribution in [0, 0.1) is 11.7 Å². The summed E-state index contributed by atoms with van der Waals surface area (Å²) < 4.78 is 13.2. The molecule has 2 aromatic carbocycles. The van der Waals surface area contributed by atoms with Crippen LogP contribution in [0.15, 0.2) is 36.4 Å². The molecule has 0 bridgehead atoms. The quantitative estimate of drug-likeness (QED) is 0.759. The minimum atomic E-state index is -0.282. The summed E-state index contributed by atoms with van der Waals surface area (Å²) in [6.45, 7) is 2.76. The van der Waals surface area contributed by atoms with Crippen LogP contribution in [0.2, 0.25) is 10.0 Å². The molecule has 2 fully saturated rings. The number of rotatable bonds is 4. The van der Waals surface area contributed by atoms with Crippen LogP contribution < -0.4 is 5.32 Å². The first-order valence-corrected chi connectivity index (χ1v) is 10.5. The predicted molar refractivity (Wildman–Crippen MR) is 111 cm³/mol. The summed E-state index contributed by atoms with van der Waals surface area (Å²) in [7, 11) is 0. The molecule has 6 heteroatoms. The van der Waals surface area contributed by atoms with E-state index in [9.17, 15) is 9.18 Å². The number of carbonyl (C=O) groups is 1. The molecule has 0 spiro atoms. The van der Waals surface area contributed by atoms with E-state index in [2.05, 4.69) is 10.2 Å². The lowest BCUT2D eigenvalue weighted by molar-refractivity contribution is -0.133. The fourth-order valence-electron chi connectivity index (χ4n) is 4.29. The third kappa shape index (κ3) is 4.05. The Labute approximate surface area is 174 Å². The highest BCUT2D eigenvalue weighted by molar-refractivity contribution is 6.36. The highest BCUT2D eigenvalue weighted by atomic mass is 35.5. The van der Waals surface area contributed by atoms with Crippen molar-refractivity contribution in [3.05, 3.63) is 57.8 Å². The van der Waals surface area contributed by atoms with E-state index in [4.69, 9.17) is 23.2 Å². The van der Waals surface area contributed by atoms with Crippen LogP contribution in [-0.2, 0) is 11.2 Å². The van der Waals surface area contributed by atoms with Crippen molar-refractivity contribution in [2.24, 2.45) is 5.92 Å². The van der Waals surface area contributed by atoms with Crippen molar-refractivity contribution in [1.82, 2.24) is 10.2 Å². The van der Waals surface area contributed by atoms with Gasteiger partial charge < -0.3 is 10.2 Å². The molecule has 148 valence electrons. The summed E-state index contributed by atoms with van der Waals surface area (Å²) in [5, 5.41) is 4.46. The summed E-state index contributed by atoms with van der Waals surface area (Å²) in [5.41, 5.74) is 2.51. The van der Waals surface area contributed by atoms with E-state index >= 15 is 0 Å². The first-order chi connectivity index (χ1) is 13.5. The van der Waals surface area contributed by atoms with E-state index in [-0.39, 0.29) is 17.6 Å². The monoisotopic (exact) mass is 420 g/mol. The van der Waals surface area contributed by atoms with Gasteiger partial charge >= 0.3 is 0 Å². The second-order valence-electron chi connectivity index (χ2n) is 7.63. The van der Waals surface area contributed by atoms with Crippen LogP contribution in [0.1, 0.15) is 24.8 Å². The molecule has 2 aromatic rings. The molecule has 2 saturated heterocycles. The van der Waals surface area contributed by atoms with Gasteiger partial charge in [-0.25, -0.2) is 4.39 Å². The first-order valence-electron chi connectivity index (χ1n) is 9.78. The van der Waals surface area contributed by atoms with E-state index < -0.39 is 0 Å². The van der Waals surface area contributed by atoms with E-state index in [0.29, 0.717) is 22.5 Å². The maximum Gasteiger partial charge on any atom is 0.226 e. The SMILES string of the molecule is O=C1[C@H](Cc2c(Cl)cc(-c3ccc(F)cc3)cc2Cl)CCN1C1CCNCC1. The number of benzene rings is 2. The van der Waals surface area contributed by atoms with Crippen LogP contribution in [-0.4, -0.2) is 36.5 Å². The Kier molecular flexibility index (Phi) is 5.91. The van der Waals surface area contributed by atoms with Gasteiger partial charge in [-0.3, -0.25) is 4.79 Å². The number of carbonyl (C=O) groups excluding carboxylic acids is 1. The Balaban J connectivity index is 1.50. The average Bonchev–Trinajstić information content (AvgIpc) is 3.06. The Hall–Kier alpha value is -1.62. The summed E-state index contributed by atoms with van der Waals surface area (Å²) in [4.78, 5) is 15.0. The number of nitrogens with zero attached hydrogens (tertiary/aromatic N) is 1. The van der Waals surface area contributed by atoms with E-state index in [0.717, 1.165) is 55.6 Å². The van der Waals surface area contributed by atoms with Crippen molar-refractivity contribution >= 4 is 29.1 Å². The number of halogens is 3. The van der Waals surface area contributed by atoms with Gasteiger partial charge in [0.15, 0.2) is 0 Å². The molecule has 2 heterocycles. The molecule has 0 saturated carbocycles. The summed E-state index contributed by atoms with van der Waals surface area (Å²) in [6, 6.07) is 10.3.